The van der Waals surface area contributed by atoms with Crippen LogP contribution in [0.3, 0.4) is 0 Å². The van der Waals surface area contributed by atoms with Crippen molar-refractivity contribution in [3.05, 3.63) is 60.2 Å². The number of primary amides is 1. The summed E-state index contributed by atoms with van der Waals surface area (Å²) in [6.45, 7) is 0.475. The fourth-order valence-electron chi connectivity index (χ4n) is 3.21. The maximum atomic E-state index is 13.0. The van der Waals surface area contributed by atoms with E-state index in [1.165, 1.54) is 0 Å². The molecule has 2 N–H and O–H groups in total. The summed E-state index contributed by atoms with van der Waals surface area (Å²) in [6, 6.07) is 17.2. The molecule has 2 unspecified atom stereocenters. The number of amides is 2. The Hall–Kier alpha value is -2.30. The summed E-state index contributed by atoms with van der Waals surface area (Å²) in [7, 11) is 3.33. The molecule has 0 radical (unpaired) electrons. The molecule has 2 aromatic rings. The monoisotopic (exact) mass is 404 g/mol. The molecule has 1 heterocycles. The molecule has 130 valence electrons. The molecule has 0 spiro atoms. The van der Waals surface area contributed by atoms with Gasteiger partial charge in [0.15, 0.2) is 0 Å². The number of hydrogen-bond donors (Lipinski definition) is 1. The Morgan fingerprint density at radius 3 is 2.40 bits per heavy atom. The first kappa shape index (κ1) is 17.5. The van der Waals surface area contributed by atoms with Crippen molar-refractivity contribution in [1.82, 2.24) is 4.90 Å². The SMILES string of the molecule is COc1ccc(C2CN(C)C(=O)C2([Se]c2ccccc2)C(N)=O)cc1. The van der Waals surface area contributed by atoms with E-state index in [0.29, 0.717) is 6.54 Å². The van der Waals surface area contributed by atoms with E-state index < -0.39 is 25.2 Å². The number of carbonyl (C=O) groups is 2. The van der Waals surface area contributed by atoms with Crippen LogP contribution in [0.5, 0.6) is 5.75 Å². The van der Waals surface area contributed by atoms with Gasteiger partial charge in [-0.15, -0.1) is 0 Å². The molecule has 2 atom stereocenters. The van der Waals surface area contributed by atoms with Gasteiger partial charge in [0, 0.05) is 0 Å². The van der Waals surface area contributed by atoms with Crippen LogP contribution < -0.4 is 14.9 Å². The molecule has 0 bridgehead atoms. The van der Waals surface area contributed by atoms with Crippen molar-refractivity contribution in [2.75, 3.05) is 20.7 Å². The van der Waals surface area contributed by atoms with Crippen molar-refractivity contribution < 1.29 is 14.3 Å². The molecule has 0 aliphatic carbocycles. The molecule has 1 aliphatic rings. The summed E-state index contributed by atoms with van der Waals surface area (Å²) in [5.74, 6) is -0.274. The molecule has 0 saturated carbocycles. The van der Waals surface area contributed by atoms with Crippen LogP contribution in [0, 0.1) is 0 Å². The molecular formula is C19H20N2O3Se. The Balaban J connectivity index is 2.07. The van der Waals surface area contributed by atoms with Gasteiger partial charge in [-0.1, -0.05) is 0 Å². The number of hydrogen-bond acceptors (Lipinski definition) is 3. The van der Waals surface area contributed by atoms with Gasteiger partial charge in [-0.3, -0.25) is 0 Å². The van der Waals surface area contributed by atoms with Crippen LogP contribution in [-0.2, 0) is 9.59 Å². The number of benzene rings is 2. The van der Waals surface area contributed by atoms with Crippen molar-refractivity contribution >= 4 is 31.2 Å². The van der Waals surface area contributed by atoms with E-state index in [9.17, 15) is 9.59 Å². The number of methoxy groups -OCH3 is 1. The molecule has 6 heteroatoms. The second-order valence-corrected chi connectivity index (χ2v) is 8.79. The van der Waals surface area contributed by atoms with Crippen LogP contribution in [0.1, 0.15) is 11.5 Å². The Labute approximate surface area is 153 Å². The first-order valence-corrected chi connectivity index (χ1v) is 9.64. The van der Waals surface area contributed by atoms with Crippen molar-refractivity contribution in [1.29, 1.82) is 0 Å². The standard InChI is InChI=1S/C19H20N2O3Se/c1-21-12-16(13-8-10-14(24-2)11-9-13)19(17(20)22,18(21)23)25-15-6-4-3-5-7-15/h3-11,16H,12H2,1-2H3,(H2,20,22). The van der Waals surface area contributed by atoms with Gasteiger partial charge in [0.05, 0.1) is 0 Å². The average molecular weight is 403 g/mol. The van der Waals surface area contributed by atoms with Gasteiger partial charge in [-0.25, -0.2) is 0 Å². The topological polar surface area (TPSA) is 72.6 Å². The molecule has 1 saturated heterocycles. The van der Waals surface area contributed by atoms with Crippen molar-refractivity contribution in [2.45, 2.75) is 10.2 Å². The predicted octanol–water partition coefficient (Wildman–Crippen LogP) is 0.924. The number of carbonyl (C=O) groups excluding carboxylic acids is 2. The molecule has 3 rings (SSSR count). The molecule has 2 amide bonds. The molecule has 0 aromatic heterocycles. The van der Waals surface area contributed by atoms with Crippen LogP contribution >= 0.6 is 0 Å². The maximum absolute atomic E-state index is 13.0. The fraction of sp³-hybridized carbons (Fsp3) is 0.263. The van der Waals surface area contributed by atoms with Gasteiger partial charge in [-0.2, -0.15) is 0 Å². The molecular weight excluding hydrogens is 383 g/mol. The van der Waals surface area contributed by atoms with E-state index in [0.717, 1.165) is 15.8 Å². The Morgan fingerprint density at radius 2 is 1.84 bits per heavy atom. The number of likely N-dealkylation sites (tertiary alicyclic amines) is 1. The predicted molar refractivity (Wildman–Crippen MR) is 97.1 cm³/mol. The van der Waals surface area contributed by atoms with Crippen molar-refractivity contribution in [3.8, 4) is 5.75 Å². The van der Waals surface area contributed by atoms with Crippen molar-refractivity contribution in [3.63, 3.8) is 0 Å². The summed E-state index contributed by atoms with van der Waals surface area (Å²) in [5.41, 5.74) is 6.75. The van der Waals surface area contributed by atoms with Crippen LogP contribution in [0.4, 0.5) is 0 Å². The van der Waals surface area contributed by atoms with Gasteiger partial charge in [0.2, 0.25) is 0 Å². The molecule has 25 heavy (non-hydrogen) atoms. The van der Waals surface area contributed by atoms with E-state index in [1.807, 2.05) is 54.6 Å². The Morgan fingerprint density at radius 1 is 1.20 bits per heavy atom. The minimum atomic E-state index is -1.21. The second-order valence-electron chi connectivity index (χ2n) is 6.03. The number of rotatable bonds is 5. The first-order chi connectivity index (χ1) is 12.0. The van der Waals surface area contributed by atoms with Gasteiger partial charge >= 0.3 is 153 Å². The van der Waals surface area contributed by atoms with Gasteiger partial charge < -0.3 is 0 Å². The van der Waals surface area contributed by atoms with Crippen LogP contribution in [-0.4, -0.2) is 52.4 Å². The van der Waals surface area contributed by atoms with Gasteiger partial charge in [0.25, 0.3) is 0 Å². The zero-order valence-corrected chi connectivity index (χ0v) is 15.9. The van der Waals surface area contributed by atoms with Crippen LogP contribution in [0.15, 0.2) is 54.6 Å². The molecule has 5 nitrogen and oxygen atoms in total. The Kier molecular flexibility index (Phi) is 4.84. The van der Waals surface area contributed by atoms with Crippen molar-refractivity contribution in [2.24, 2.45) is 5.73 Å². The molecule has 1 fully saturated rings. The summed E-state index contributed by atoms with van der Waals surface area (Å²) >= 11 is -0.410. The summed E-state index contributed by atoms with van der Waals surface area (Å²) in [6.07, 6.45) is 0. The van der Waals surface area contributed by atoms with E-state index in [1.54, 1.807) is 19.1 Å². The van der Waals surface area contributed by atoms with Gasteiger partial charge in [-0.05, 0) is 0 Å². The van der Waals surface area contributed by atoms with E-state index in [2.05, 4.69) is 0 Å². The van der Waals surface area contributed by atoms with Gasteiger partial charge in [0.1, 0.15) is 0 Å². The average Bonchev–Trinajstić information content (AvgIpc) is 2.88. The molecule has 2 aromatic carbocycles. The summed E-state index contributed by atoms with van der Waals surface area (Å²) in [5, 5.41) is 0. The number of nitrogens with two attached hydrogens (primary N) is 1. The zero-order chi connectivity index (χ0) is 18.0. The minimum absolute atomic E-state index is 0.190. The second kappa shape index (κ2) is 6.90. The number of ether oxygens (including phenoxy) is 1. The van der Waals surface area contributed by atoms with Crippen LogP contribution in [0.25, 0.3) is 0 Å². The van der Waals surface area contributed by atoms with E-state index in [-0.39, 0.29) is 11.8 Å². The normalized spacial score (nSPS) is 22.9. The first-order valence-electron chi connectivity index (χ1n) is 7.92. The Bertz CT molecular complexity index is 779. The van der Waals surface area contributed by atoms with Crippen LogP contribution in [0.2, 0.25) is 4.31 Å². The fourth-order valence-corrected chi connectivity index (χ4v) is 6.07. The summed E-state index contributed by atoms with van der Waals surface area (Å²) in [4.78, 5) is 27.2. The van der Waals surface area contributed by atoms with E-state index in [4.69, 9.17) is 10.5 Å². The zero-order valence-electron chi connectivity index (χ0n) is 14.1. The third-order valence-electron chi connectivity index (χ3n) is 4.52. The summed E-state index contributed by atoms with van der Waals surface area (Å²) < 4.78 is 4.98. The number of likely N-dealkylation sites (N-methyl/N-ethyl adjacent to an activating group) is 1. The quantitative estimate of drug-likeness (QED) is 0.596. The van der Waals surface area contributed by atoms with E-state index >= 15 is 0 Å². The third-order valence-corrected chi connectivity index (χ3v) is 7.64. The third kappa shape index (κ3) is 3.03. The molecule has 1 aliphatic heterocycles. The number of nitrogens with zero attached hydrogens (tertiary/aromatic N) is 1.